The molecule has 0 saturated heterocycles. The predicted molar refractivity (Wildman–Crippen MR) is 85.9 cm³/mol. The lowest BCUT2D eigenvalue weighted by Crippen LogP contribution is -2.23. The van der Waals surface area contributed by atoms with Gasteiger partial charge in [0.25, 0.3) is 5.91 Å². The van der Waals surface area contributed by atoms with Crippen molar-refractivity contribution in [2.75, 3.05) is 0 Å². The second kappa shape index (κ2) is 6.26. The summed E-state index contributed by atoms with van der Waals surface area (Å²) in [5.41, 5.74) is 3.79. The lowest BCUT2D eigenvalue weighted by molar-refractivity contribution is 0.0951. The lowest BCUT2D eigenvalue weighted by Gasteiger charge is -2.09. The van der Waals surface area contributed by atoms with Gasteiger partial charge in [0.2, 0.25) is 0 Å². The molecule has 3 rings (SSSR count). The maximum Gasteiger partial charge on any atom is 0.251 e. The topological polar surface area (TPSA) is 46.9 Å². The number of carbonyl (C=O) groups excluding carboxylic acids is 1. The second-order valence-corrected chi connectivity index (χ2v) is 5.11. The van der Waals surface area contributed by atoms with Gasteiger partial charge in [0.1, 0.15) is 0 Å². The van der Waals surface area contributed by atoms with Crippen molar-refractivity contribution in [1.29, 1.82) is 0 Å². The number of aryl methyl sites for hydroxylation is 1. The van der Waals surface area contributed by atoms with Gasteiger partial charge in [0, 0.05) is 24.5 Å². The fourth-order valence-corrected chi connectivity index (χ4v) is 2.30. The quantitative estimate of drug-likeness (QED) is 0.803. The summed E-state index contributed by atoms with van der Waals surface area (Å²) in [7, 11) is 0. The fourth-order valence-electron chi connectivity index (χ4n) is 2.30. The van der Waals surface area contributed by atoms with Crippen LogP contribution in [0.15, 0.2) is 67.0 Å². The first-order chi connectivity index (χ1) is 10.7. The highest BCUT2D eigenvalue weighted by molar-refractivity contribution is 5.94. The molecule has 0 spiro atoms. The van der Waals surface area contributed by atoms with E-state index in [2.05, 4.69) is 10.4 Å². The molecule has 0 unspecified atom stereocenters. The Kier molecular flexibility index (Phi) is 4.01. The lowest BCUT2D eigenvalue weighted by atomic mass is 10.1. The molecule has 1 N–H and O–H groups in total. The van der Waals surface area contributed by atoms with Crippen molar-refractivity contribution in [2.45, 2.75) is 13.5 Å². The third kappa shape index (κ3) is 3.06. The molecule has 0 atom stereocenters. The van der Waals surface area contributed by atoms with Gasteiger partial charge in [-0.1, -0.05) is 30.3 Å². The standard InChI is InChI=1S/C18H17N3O/c1-14-6-2-3-7-16(14)13-19-18(22)15-8-4-9-17(12-15)21-11-5-10-20-21/h2-12H,13H2,1H3,(H,19,22). The second-order valence-electron chi connectivity index (χ2n) is 5.11. The molecule has 4 heteroatoms. The van der Waals surface area contributed by atoms with E-state index in [1.165, 1.54) is 5.56 Å². The molecule has 3 aromatic rings. The SMILES string of the molecule is Cc1ccccc1CNC(=O)c1cccc(-n2cccn2)c1. The van der Waals surface area contributed by atoms with Crippen LogP contribution in [0.1, 0.15) is 21.5 Å². The molecule has 0 aliphatic carbocycles. The van der Waals surface area contributed by atoms with Crippen molar-refractivity contribution >= 4 is 5.91 Å². The Labute approximate surface area is 129 Å². The van der Waals surface area contributed by atoms with E-state index in [1.807, 2.05) is 61.7 Å². The van der Waals surface area contributed by atoms with Crippen molar-refractivity contribution in [3.63, 3.8) is 0 Å². The first kappa shape index (κ1) is 14.1. The van der Waals surface area contributed by atoms with Gasteiger partial charge in [-0.2, -0.15) is 5.10 Å². The van der Waals surface area contributed by atoms with Crippen molar-refractivity contribution in [1.82, 2.24) is 15.1 Å². The van der Waals surface area contributed by atoms with Crippen LogP contribution in [0.2, 0.25) is 0 Å². The molecular weight excluding hydrogens is 274 g/mol. The fraction of sp³-hybridized carbons (Fsp3) is 0.111. The van der Waals surface area contributed by atoms with Crippen LogP contribution in [0.4, 0.5) is 0 Å². The zero-order chi connectivity index (χ0) is 15.4. The molecule has 0 bridgehead atoms. The summed E-state index contributed by atoms with van der Waals surface area (Å²) in [6.07, 6.45) is 3.56. The maximum absolute atomic E-state index is 12.3. The third-order valence-electron chi connectivity index (χ3n) is 3.58. The van der Waals surface area contributed by atoms with E-state index < -0.39 is 0 Å². The maximum atomic E-state index is 12.3. The summed E-state index contributed by atoms with van der Waals surface area (Å²) in [6.45, 7) is 2.57. The Balaban J connectivity index is 1.73. The van der Waals surface area contributed by atoms with Gasteiger partial charge in [0.15, 0.2) is 0 Å². The third-order valence-corrected chi connectivity index (χ3v) is 3.58. The minimum absolute atomic E-state index is 0.0859. The van der Waals surface area contributed by atoms with E-state index >= 15 is 0 Å². The minimum Gasteiger partial charge on any atom is -0.348 e. The molecule has 110 valence electrons. The van der Waals surface area contributed by atoms with Crippen LogP contribution in [-0.2, 0) is 6.54 Å². The molecule has 22 heavy (non-hydrogen) atoms. The van der Waals surface area contributed by atoms with Crippen LogP contribution in [-0.4, -0.2) is 15.7 Å². The smallest absolute Gasteiger partial charge is 0.251 e. The number of benzene rings is 2. The van der Waals surface area contributed by atoms with Crippen LogP contribution >= 0.6 is 0 Å². The van der Waals surface area contributed by atoms with Gasteiger partial charge < -0.3 is 5.32 Å². The molecule has 1 amide bonds. The highest BCUT2D eigenvalue weighted by Crippen LogP contribution is 2.11. The molecule has 0 radical (unpaired) electrons. The van der Waals surface area contributed by atoms with Gasteiger partial charge in [-0.15, -0.1) is 0 Å². The average Bonchev–Trinajstić information content (AvgIpc) is 3.08. The number of nitrogens with zero attached hydrogens (tertiary/aromatic N) is 2. The predicted octanol–water partition coefficient (Wildman–Crippen LogP) is 3.11. The molecule has 0 aliphatic rings. The van der Waals surface area contributed by atoms with Crippen LogP contribution < -0.4 is 5.32 Å². The number of carbonyl (C=O) groups is 1. The molecule has 0 fully saturated rings. The summed E-state index contributed by atoms with van der Waals surface area (Å²) in [6, 6.07) is 17.3. The van der Waals surface area contributed by atoms with Gasteiger partial charge in [-0.25, -0.2) is 4.68 Å². The Hall–Kier alpha value is -2.88. The number of rotatable bonds is 4. The first-order valence-corrected chi connectivity index (χ1v) is 7.17. The summed E-state index contributed by atoms with van der Waals surface area (Å²) in [4.78, 5) is 12.3. The Morgan fingerprint density at radius 1 is 1.14 bits per heavy atom. The molecule has 1 aromatic heterocycles. The van der Waals surface area contributed by atoms with Crippen LogP contribution in [0.5, 0.6) is 0 Å². The van der Waals surface area contributed by atoms with Crippen molar-refractivity contribution in [3.8, 4) is 5.69 Å². The highest BCUT2D eigenvalue weighted by atomic mass is 16.1. The highest BCUT2D eigenvalue weighted by Gasteiger charge is 2.07. The van der Waals surface area contributed by atoms with Crippen LogP contribution in [0.3, 0.4) is 0 Å². The average molecular weight is 291 g/mol. The first-order valence-electron chi connectivity index (χ1n) is 7.17. The van der Waals surface area contributed by atoms with Crippen molar-refractivity contribution in [3.05, 3.63) is 83.7 Å². The molecule has 1 heterocycles. The van der Waals surface area contributed by atoms with Crippen molar-refractivity contribution < 1.29 is 4.79 Å². The van der Waals surface area contributed by atoms with Gasteiger partial charge >= 0.3 is 0 Å². The number of hydrogen-bond donors (Lipinski definition) is 1. The number of nitrogens with one attached hydrogen (secondary N) is 1. The number of amides is 1. The van der Waals surface area contributed by atoms with E-state index in [0.29, 0.717) is 12.1 Å². The van der Waals surface area contributed by atoms with E-state index in [9.17, 15) is 4.79 Å². The van der Waals surface area contributed by atoms with Gasteiger partial charge in [0.05, 0.1) is 5.69 Å². The van der Waals surface area contributed by atoms with Crippen molar-refractivity contribution in [2.24, 2.45) is 0 Å². The Bertz CT molecular complexity index is 779. The number of hydrogen-bond acceptors (Lipinski definition) is 2. The number of aromatic nitrogens is 2. The van der Waals surface area contributed by atoms with Gasteiger partial charge in [-0.05, 0) is 42.3 Å². The summed E-state index contributed by atoms with van der Waals surface area (Å²) in [5, 5.41) is 7.14. The Morgan fingerprint density at radius 3 is 2.77 bits per heavy atom. The molecule has 0 aliphatic heterocycles. The molecule has 2 aromatic carbocycles. The van der Waals surface area contributed by atoms with Gasteiger partial charge in [-0.3, -0.25) is 4.79 Å². The normalized spacial score (nSPS) is 10.4. The van der Waals surface area contributed by atoms with E-state index in [-0.39, 0.29) is 5.91 Å². The molecule has 4 nitrogen and oxygen atoms in total. The van der Waals surface area contributed by atoms with E-state index in [1.54, 1.807) is 16.9 Å². The zero-order valence-corrected chi connectivity index (χ0v) is 12.4. The summed E-state index contributed by atoms with van der Waals surface area (Å²) < 4.78 is 1.73. The van der Waals surface area contributed by atoms with Crippen LogP contribution in [0, 0.1) is 6.92 Å². The Morgan fingerprint density at radius 2 is 2.00 bits per heavy atom. The molecule has 0 saturated carbocycles. The monoisotopic (exact) mass is 291 g/mol. The minimum atomic E-state index is -0.0859. The van der Waals surface area contributed by atoms with E-state index in [0.717, 1.165) is 11.3 Å². The van der Waals surface area contributed by atoms with E-state index in [4.69, 9.17) is 0 Å². The summed E-state index contributed by atoms with van der Waals surface area (Å²) in [5.74, 6) is -0.0859. The molecular formula is C18H17N3O. The van der Waals surface area contributed by atoms with Crippen LogP contribution in [0.25, 0.3) is 5.69 Å². The summed E-state index contributed by atoms with van der Waals surface area (Å²) >= 11 is 0. The largest absolute Gasteiger partial charge is 0.348 e. The zero-order valence-electron chi connectivity index (χ0n) is 12.4.